The van der Waals surface area contributed by atoms with Gasteiger partial charge in [0.15, 0.2) is 0 Å². The number of nitrogens with two attached hydrogens (primary N) is 1. The van der Waals surface area contributed by atoms with Crippen molar-refractivity contribution < 1.29 is 0 Å². The molecule has 0 amide bonds. The molecule has 1 rings (SSSR count). The van der Waals surface area contributed by atoms with Gasteiger partial charge < -0.3 is 5.73 Å². The molecule has 1 nitrogen and oxygen atoms in total. The maximum absolute atomic E-state index is 6.27. The second-order valence-electron chi connectivity index (χ2n) is 4.40. The summed E-state index contributed by atoms with van der Waals surface area (Å²) in [4.78, 5) is 0. The number of hydrogen-bond acceptors (Lipinski definition) is 1. The van der Waals surface area contributed by atoms with Gasteiger partial charge >= 0.3 is 0 Å². The van der Waals surface area contributed by atoms with Crippen LogP contribution < -0.4 is 5.73 Å². The maximum atomic E-state index is 6.27. The summed E-state index contributed by atoms with van der Waals surface area (Å²) in [6, 6.07) is 0. The topological polar surface area (TPSA) is 26.0 Å². The molecule has 66 valence electrons. The lowest BCUT2D eigenvalue weighted by Crippen LogP contribution is -2.42. The zero-order valence-corrected chi connectivity index (χ0v) is 8.06. The van der Waals surface area contributed by atoms with E-state index in [0.29, 0.717) is 5.92 Å². The van der Waals surface area contributed by atoms with Crippen molar-refractivity contribution in [3.63, 3.8) is 0 Å². The minimum absolute atomic E-state index is 0.167. The van der Waals surface area contributed by atoms with E-state index in [1.54, 1.807) is 0 Å². The SMILES string of the molecule is CCC1CCC(N)(C(C)C)C1. The van der Waals surface area contributed by atoms with Gasteiger partial charge in [0.25, 0.3) is 0 Å². The van der Waals surface area contributed by atoms with E-state index in [1.165, 1.54) is 25.7 Å². The van der Waals surface area contributed by atoms with E-state index in [-0.39, 0.29) is 5.54 Å². The van der Waals surface area contributed by atoms with Gasteiger partial charge in [0.1, 0.15) is 0 Å². The van der Waals surface area contributed by atoms with Crippen molar-refractivity contribution in [2.45, 2.75) is 52.0 Å². The van der Waals surface area contributed by atoms with Gasteiger partial charge in [-0.3, -0.25) is 0 Å². The second kappa shape index (κ2) is 3.14. The molecule has 0 spiro atoms. The van der Waals surface area contributed by atoms with Gasteiger partial charge in [0.2, 0.25) is 0 Å². The number of hydrogen-bond donors (Lipinski definition) is 1. The van der Waals surface area contributed by atoms with Gasteiger partial charge in [-0.05, 0) is 31.1 Å². The third-order valence-corrected chi connectivity index (χ3v) is 3.41. The lowest BCUT2D eigenvalue weighted by Gasteiger charge is -2.28. The molecule has 1 aliphatic rings. The fourth-order valence-electron chi connectivity index (χ4n) is 2.09. The van der Waals surface area contributed by atoms with Crippen LogP contribution in [0, 0.1) is 11.8 Å². The van der Waals surface area contributed by atoms with E-state index in [1.807, 2.05) is 0 Å². The smallest absolute Gasteiger partial charge is 0.0180 e. The first-order chi connectivity index (χ1) is 5.08. The average Bonchev–Trinajstić information content (AvgIpc) is 2.33. The van der Waals surface area contributed by atoms with Crippen LogP contribution in [-0.2, 0) is 0 Å². The van der Waals surface area contributed by atoms with Gasteiger partial charge in [-0.25, -0.2) is 0 Å². The van der Waals surface area contributed by atoms with Crippen LogP contribution in [0.4, 0.5) is 0 Å². The molecule has 0 bridgehead atoms. The van der Waals surface area contributed by atoms with Gasteiger partial charge in [-0.15, -0.1) is 0 Å². The van der Waals surface area contributed by atoms with Crippen molar-refractivity contribution in [3.05, 3.63) is 0 Å². The van der Waals surface area contributed by atoms with Crippen molar-refractivity contribution in [3.8, 4) is 0 Å². The normalized spacial score (nSPS) is 38.5. The predicted octanol–water partition coefficient (Wildman–Crippen LogP) is 2.55. The predicted molar refractivity (Wildman–Crippen MR) is 49.4 cm³/mol. The van der Waals surface area contributed by atoms with Crippen molar-refractivity contribution in [1.82, 2.24) is 0 Å². The van der Waals surface area contributed by atoms with Gasteiger partial charge in [0, 0.05) is 5.54 Å². The highest BCUT2D eigenvalue weighted by molar-refractivity contribution is 4.95. The minimum atomic E-state index is 0.167. The third-order valence-electron chi connectivity index (χ3n) is 3.41. The molecule has 0 saturated heterocycles. The summed E-state index contributed by atoms with van der Waals surface area (Å²) >= 11 is 0. The minimum Gasteiger partial charge on any atom is -0.325 e. The monoisotopic (exact) mass is 155 g/mol. The first-order valence-corrected chi connectivity index (χ1v) is 4.87. The van der Waals surface area contributed by atoms with Crippen molar-refractivity contribution >= 4 is 0 Å². The average molecular weight is 155 g/mol. The van der Waals surface area contributed by atoms with E-state index in [9.17, 15) is 0 Å². The zero-order chi connectivity index (χ0) is 8.48. The molecule has 1 aliphatic carbocycles. The van der Waals surface area contributed by atoms with E-state index in [4.69, 9.17) is 5.73 Å². The summed E-state index contributed by atoms with van der Waals surface area (Å²) < 4.78 is 0. The van der Waals surface area contributed by atoms with Crippen LogP contribution in [0.5, 0.6) is 0 Å². The molecular weight excluding hydrogens is 134 g/mol. The summed E-state index contributed by atoms with van der Waals surface area (Å²) in [7, 11) is 0. The highest BCUT2D eigenvalue weighted by atomic mass is 14.8. The first-order valence-electron chi connectivity index (χ1n) is 4.87. The summed E-state index contributed by atoms with van der Waals surface area (Å²) in [5.74, 6) is 1.56. The second-order valence-corrected chi connectivity index (χ2v) is 4.40. The van der Waals surface area contributed by atoms with E-state index in [0.717, 1.165) is 5.92 Å². The molecule has 0 aliphatic heterocycles. The zero-order valence-electron chi connectivity index (χ0n) is 8.06. The van der Waals surface area contributed by atoms with Gasteiger partial charge in [-0.1, -0.05) is 27.2 Å². The Morgan fingerprint density at radius 1 is 1.55 bits per heavy atom. The van der Waals surface area contributed by atoms with E-state index < -0.39 is 0 Å². The lowest BCUT2D eigenvalue weighted by molar-refractivity contribution is 0.304. The summed E-state index contributed by atoms with van der Waals surface area (Å²) in [5.41, 5.74) is 6.44. The van der Waals surface area contributed by atoms with Crippen LogP contribution in [0.1, 0.15) is 46.5 Å². The highest BCUT2D eigenvalue weighted by Crippen LogP contribution is 2.38. The Kier molecular flexibility index (Phi) is 2.58. The molecule has 0 aromatic rings. The van der Waals surface area contributed by atoms with Crippen molar-refractivity contribution in [2.75, 3.05) is 0 Å². The van der Waals surface area contributed by atoms with Crippen LogP contribution in [0.25, 0.3) is 0 Å². The van der Waals surface area contributed by atoms with Gasteiger partial charge in [0.05, 0.1) is 0 Å². The molecule has 0 aromatic heterocycles. The van der Waals surface area contributed by atoms with Crippen molar-refractivity contribution in [1.29, 1.82) is 0 Å². The Labute approximate surface area is 70.4 Å². The lowest BCUT2D eigenvalue weighted by atomic mass is 9.85. The summed E-state index contributed by atoms with van der Waals surface area (Å²) in [6.45, 7) is 6.77. The molecule has 2 N–H and O–H groups in total. The van der Waals surface area contributed by atoms with Crippen LogP contribution in [0.3, 0.4) is 0 Å². The summed E-state index contributed by atoms with van der Waals surface area (Å²) in [6.07, 6.45) is 5.15. The molecule has 0 aromatic carbocycles. The molecule has 1 heteroatoms. The Bertz CT molecular complexity index is 131. The fraction of sp³-hybridized carbons (Fsp3) is 1.00. The van der Waals surface area contributed by atoms with Gasteiger partial charge in [-0.2, -0.15) is 0 Å². The fourth-order valence-corrected chi connectivity index (χ4v) is 2.09. The Balaban J connectivity index is 2.50. The van der Waals surface area contributed by atoms with Crippen LogP contribution in [0.2, 0.25) is 0 Å². The largest absolute Gasteiger partial charge is 0.325 e. The number of rotatable bonds is 2. The first kappa shape index (κ1) is 9.05. The molecule has 0 heterocycles. The quantitative estimate of drug-likeness (QED) is 0.651. The third kappa shape index (κ3) is 1.76. The molecule has 11 heavy (non-hydrogen) atoms. The molecule has 2 atom stereocenters. The van der Waals surface area contributed by atoms with E-state index >= 15 is 0 Å². The van der Waals surface area contributed by atoms with Crippen LogP contribution in [-0.4, -0.2) is 5.54 Å². The van der Waals surface area contributed by atoms with Crippen molar-refractivity contribution in [2.24, 2.45) is 17.6 Å². The van der Waals surface area contributed by atoms with Crippen LogP contribution in [0.15, 0.2) is 0 Å². The standard InChI is InChI=1S/C10H21N/c1-4-9-5-6-10(11,7-9)8(2)3/h8-9H,4-7,11H2,1-3H3. The maximum Gasteiger partial charge on any atom is 0.0180 e. The molecule has 2 unspecified atom stereocenters. The highest BCUT2D eigenvalue weighted by Gasteiger charge is 2.36. The summed E-state index contributed by atoms with van der Waals surface area (Å²) in [5, 5.41) is 0. The molecule has 1 fully saturated rings. The molecule has 0 radical (unpaired) electrons. The van der Waals surface area contributed by atoms with E-state index in [2.05, 4.69) is 20.8 Å². The Morgan fingerprint density at radius 3 is 2.45 bits per heavy atom. The Morgan fingerprint density at radius 2 is 2.18 bits per heavy atom. The van der Waals surface area contributed by atoms with Crippen LogP contribution >= 0.6 is 0 Å². The molecule has 1 saturated carbocycles. The Hall–Kier alpha value is -0.0400. The molecular formula is C10H21N.